The zero-order valence-corrected chi connectivity index (χ0v) is 18.9. The lowest BCUT2D eigenvalue weighted by Crippen LogP contribution is -1.97. The fourth-order valence-electron chi connectivity index (χ4n) is 3.17. The Morgan fingerprint density at radius 1 is 0.933 bits per heavy atom. The van der Waals surface area contributed by atoms with Crippen molar-refractivity contribution < 1.29 is 4.74 Å². The van der Waals surface area contributed by atoms with E-state index in [-0.39, 0.29) is 0 Å². The molecule has 0 N–H and O–H groups in total. The average Bonchev–Trinajstić information content (AvgIpc) is 2.77. The van der Waals surface area contributed by atoms with Gasteiger partial charge in [-0.1, -0.05) is 66.2 Å². The van der Waals surface area contributed by atoms with E-state index < -0.39 is 0 Å². The van der Waals surface area contributed by atoms with E-state index in [1.807, 2.05) is 72.8 Å². The standard InChI is InChI=1S/C26H17ClINO/c27-24-10-5-18(6-11-24)17-30-26-12-7-19(14-25(26)28)13-23(16-29)22-9-8-20-3-1-2-4-21(20)15-22/h1-15H,17H2/b23-13-. The fraction of sp³-hybridized carbons (Fsp3) is 0.0385. The summed E-state index contributed by atoms with van der Waals surface area (Å²) in [4.78, 5) is 0. The zero-order valence-electron chi connectivity index (χ0n) is 16.0. The molecule has 0 aromatic heterocycles. The number of ether oxygens (including phenoxy) is 1. The van der Waals surface area contributed by atoms with Gasteiger partial charge in [0.1, 0.15) is 12.4 Å². The minimum atomic E-state index is 0.475. The molecule has 0 bridgehead atoms. The maximum absolute atomic E-state index is 9.71. The van der Waals surface area contributed by atoms with Gasteiger partial charge in [0.15, 0.2) is 0 Å². The summed E-state index contributed by atoms with van der Waals surface area (Å²) in [5.74, 6) is 0.812. The lowest BCUT2D eigenvalue weighted by Gasteiger charge is -2.09. The molecule has 2 nitrogen and oxygen atoms in total. The van der Waals surface area contributed by atoms with Gasteiger partial charge >= 0.3 is 0 Å². The van der Waals surface area contributed by atoms with E-state index in [9.17, 15) is 5.26 Å². The molecule has 0 spiro atoms. The maximum Gasteiger partial charge on any atom is 0.133 e. The van der Waals surface area contributed by atoms with Gasteiger partial charge in [-0.05, 0) is 86.5 Å². The van der Waals surface area contributed by atoms with Crippen LogP contribution in [0.1, 0.15) is 16.7 Å². The highest BCUT2D eigenvalue weighted by atomic mass is 127. The monoisotopic (exact) mass is 521 g/mol. The average molecular weight is 522 g/mol. The minimum absolute atomic E-state index is 0.475. The molecule has 30 heavy (non-hydrogen) atoms. The molecule has 4 aromatic rings. The van der Waals surface area contributed by atoms with Crippen LogP contribution in [0.4, 0.5) is 0 Å². The Morgan fingerprint density at radius 2 is 1.70 bits per heavy atom. The lowest BCUT2D eigenvalue weighted by molar-refractivity contribution is 0.304. The Balaban J connectivity index is 1.55. The second-order valence-electron chi connectivity index (χ2n) is 6.84. The second kappa shape index (κ2) is 9.34. The molecule has 0 amide bonds. The predicted octanol–water partition coefficient (Wildman–Crippen LogP) is 7.74. The van der Waals surface area contributed by atoms with E-state index in [1.165, 1.54) is 0 Å². The molecule has 0 saturated heterocycles. The Kier molecular flexibility index (Phi) is 6.37. The number of halogens is 2. The normalized spacial score (nSPS) is 11.3. The number of rotatable bonds is 5. The van der Waals surface area contributed by atoms with Gasteiger partial charge in [0.05, 0.1) is 15.2 Å². The first kappa shape index (κ1) is 20.5. The van der Waals surface area contributed by atoms with Crippen LogP contribution >= 0.6 is 34.2 Å². The number of nitriles is 1. The molecule has 0 unspecified atom stereocenters. The van der Waals surface area contributed by atoms with Crippen molar-refractivity contribution in [2.24, 2.45) is 0 Å². The summed E-state index contributed by atoms with van der Waals surface area (Å²) in [5.41, 5.74) is 3.56. The molecule has 0 saturated carbocycles. The van der Waals surface area contributed by atoms with Crippen molar-refractivity contribution in [1.82, 2.24) is 0 Å². The van der Waals surface area contributed by atoms with Gasteiger partial charge in [0.2, 0.25) is 0 Å². The Morgan fingerprint density at radius 3 is 2.43 bits per heavy atom. The molecule has 146 valence electrons. The number of fused-ring (bicyclic) bond motifs is 1. The van der Waals surface area contributed by atoms with Gasteiger partial charge in [-0.25, -0.2) is 0 Å². The third-order valence-corrected chi connectivity index (χ3v) is 5.85. The molecular formula is C26H17ClINO. The number of nitrogens with zero attached hydrogens (tertiary/aromatic N) is 1. The SMILES string of the molecule is N#C/C(=C/c1ccc(OCc2ccc(Cl)cc2)c(I)c1)c1ccc2ccccc2c1. The molecule has 0 radical (unpaired) electrons. The molecule has 0 fully saturated rings. The summed E-state index contributed by atoms with van der Waals surface area (Å²) < 4.78 is 6.94. The van der Waals surface area contributed by atoms with Gasteiger partial charge in [-0.2, -0.15) is 5.26 Å². The summed E-state index contributed by atoms with van der Waals surface area (Å²) in [6.45, 7) is 0.475. The van der Waals surface area contributed by atoms with Crippen LogP contribution in [-0.2, 0) is 6.61 Å². The van der Waals surface area contributed by atoms with Gasteiger partial charge in [-0.15, -0.1) is 0 Å². The van der Waals surface area contributed by atoms with Crippen LogP contribution in [0.15, 0.2) is 84.9 Å². The molecule has 0 aliphatic heterocycles. The predicted molar refractivity (Wildman–Crippen MR) is 132 cm³/mol. The van der Waals surface area contributed by atoms with Crippen LogP contribution in [0, 0.1) is 14.9 Å². The van der Waals surface area contributed by atoms with E-state index in [1.54, 1.807) is 0 Å². The highest BCUT2D eigenvalue weighted by molar-refractivity contribution is 14.1. The quantitative estimate of drug-likeness (QED) is 0.153. The molecule has 0 heterocycles. The summed E-state index contributed by atoms with van der Waals surface area (Å²) in [6.07, 6.45) is 1.91. The summed E-state index contributed by atoms with van der Waals surface area (Å²) in [7, 11) is 0. The molecule has 0 atom stereocenters. The van der Waals surface area contributed by atoms with Crippen LogP contribution in [0.3, 0.4) is 0 Å². The topological polar surface area (TPSA) is 33.0 Å². The van der Waals surface area contributed by atoms with Crippen LogP contribution in [0.2, 0.25) is 5.02 Å². The highest BCUT2D eigenvalue weighted by Gasteiger charge is 2.06. The number of hydrogen-bond donors (Lipinski definition) is 0. The molecule has 0 aliphatic carbocycles. The van der Waals surface area contributed by atoms with E-state index in [4.69, 9.17) is 16.3 Å². The minimum Gasteiger partial charge on any atom is -0.488 e. The number of benzene rings is 4. The Bertz CT molecular complexity index is 1270. The van der Waals surface area contributed by atoms with Crippen molar-refractivity contribution in [3.8, 4) is 11.8 Å². The molecule has 4 rings (SSSR count). The highest BCUT2D eigenvalue weighted by Crippen LogP contribution is 2.27. The molecule has 4 aromatic carbocycles. The molecular weight excluding hydrogens is 505 g/mol. The van der Waals surface area contributed by atoms with Gasteiger partial charge < -0.3 is 4.74 Å². The van der Waals surface area contributed by atoms with Crippen molar-refractivity contribution in [1.29, 1.82) is 5.26 Å². The van der Waals surface area contributed by atoms with Gasteiger partial charge in [0.25, 0.3) is 0 Å². The summed E-state index contributed by atoms with van der Waals surface area (Å²) in [6, 6.07) is 30.1. The second-order valence-corrected chi connectivity index (χ2v) is 8.44. The lowest BCUT2D eigenvalue weighted by atomic mass is 10.0. The van der Waals surface area contributed by atoms with Crippen LogP contribution in [0.25, 0.3) is 22.4 Å². The smallest absolute Gasteiger partial charge is 0.133 e. The number of hydrogen-bond acceptors (Lipinski definition) is 2. The third kappa shape index (κ3) is 4.84. The Hall–Kier alpha value is -2.81. The largest absolute Gasteiger partial charge is 0.488 e. The van der Waals surface area contributed by atoms with Crippen LogP contribution < -0.4 is 4.74 Å². The van der Waals surface area contributed by atoms with Crippen LogP contribution in [0.5, 0.6) is 5.75 Å². The van der Waals surface area contributed by atoms with Crippen molar-refractivity contribution in [2.75, 3.05) is 0 Å². The van der Waals surface area contributed by atoms with Crippen molar-refractivity contribution in [2.45, 2.75) is 6.61 Å². The van der Waals surface area contributed by atoms with E-state index >= 15 is 0 Å². The molecule has 0 aliphatic rings. The fourth-order valence-corrected chi connectivity index (χ4v) is 3.99. The summed E-state index contributed by atoms with van der Waals surface area (Å²) in [5, 5.41) is 12.7. The van der Waals surface area contributed by atoms with E-state index in [0.717, 1.165) is 36.8 Å². The first-order valence-corrected chi connectivity index (χ1v) is 10.9. The number of allylic oxidation sites excluding steroid dienone is 1. The van der Waals surface area contributed by atoms with Crippen molar-refractivity contribution >= 4 is 56.6 Å². The van der Waals surface area contributed by atoms with Crippen LogP contribution in [-0.4, -0.2) is 0 Å². The first-order valence-electron chi connectivity index (χ1n) is 9.40. The zero-order chi connectivity index (χ0) is 20.9. The first-order chi connectivity index (χ1) is 14.6. The van der Waals surface area contributed by atoms with Crippen molar-refractivity contribution in [3.63, 3.8) is 0 Å². The molecule has 4 heteroatoms. The summed E-state index contributed by atoms with van der Waals surface area (Å²) >= 11 is 8.19. The van der Waals surface area contributed by atoms with Crippen molar-refractivity contribution in [3.05, 3.63) is 110 Å². The third-order valence-electron chi connectivity index (χ3n) is 4.76. The van der Waals surface area contributed by atoms with E-state index in [0.29, 0.717) is 17.2 Å². The van der Waals surface area contributed by atoms with Gasteiger partial charge in [-0.3, -0.25) is 0 Å². The van der Waals surface area contributed by atoms with Gasteiger partial charge in [0, 0.05) is 5.02 Å². The Labute approximate surface area is 194 Å². The van der Waals surface area contributed by atoms with E-state index in [2.05, 4.69) is 46.9 Å². The maximum atomic E-state index is 9.71.